The molecule has 0 saturated carbocycles. The number of ether oxygens (including phenoxy) is 1. The molecule has 0 spiro atoms. The second-order valence-corrected chi connectivity index (χ2v) is 6.22. The van der Waals surface area contributed by atoms with Crippen LogP contribution in [0.15, 0.2) is 18.3 Å². The molecular weight excluding hydrogens is 371 g/mol. The first kappa shape index (κ1) is 17.0. The maximum atomic E-state index is 14.0. The first-order valence-electron chi connectivity index (χ1n) is 7.93. The molecule has 0 amide bonds. The van der Waals surface area contributed by atoms with Crippen LogP contribution < -0.4 is 5.32 Å². The van der Waals surface area contributed by atoms with Crippen LogP contribution in [0.5, 0.6) is 0 Å². The van der Waals surface area contributed by atoms with Crippen molar-refractivity contribution in [1.82, 2.24) is 19.7 Å². The molecule has 0 atom stereocenters. The van der Waals surface area contributed by atoms with Crippen LogP contribution >= 0.6 is 11.6 Å². The number of aromatic nitrogens is 4. The van der Waals surface area contributed by atoms with Crippen molar-refractivity contribution in [3.63, 3.8) is 0 Å². The molecular formula is C16H13ClF3N5O. The summed E-state index contributed by atoms with van der Waals surface area (Å²) in [5.41, 5.74) is -0.0535. The zero-order valence-corrected chi connectivity index (χ0v) is 14.1. The fourth-order valence-corrected chi connectivity index (χ4v) is 3.09. The molecule has 1 saturated heterocycles. The van der Waals surface area contributed by atoms with Crippen molar-refractivity contribution in [3.8, 4) is 0 Å². The fourth-order valence-electron chi connectivity index (χ4n) is 2.96. The van der Waals surface area contributed by atoms with Crippen molar-refractivity contribution < 1.29 is 17.9 Å². The van der Waals surface area contributed by atoms with Gasteiger partial charge in [-0.25, -0.2) is 22.8 Å². The summed E-state index contributed by atoms with van der Waals surface area (Å²) in [6, 6.07) is 1.20. The highest BCUT2D eigenvalue weighted by molar-refractivity contribution is 6.28. The van der Waals surface area contributed by atoms with E-state index in [1.807, 2.05) is 0 Å². The van der Waals surface area contributed by atoms with Crippen LogP contribution in [0.2, 0.25) is 5.28 Å². The van der Waals surface area contributed by atoms with E-state index in [1.54, 1.807) is 4.68 Å². The van der Waals surface area contributed by atoms with Crippen molar-refractivity contribution in [3.05, 3.63) is 41.1 Å². The molecule has 1 N–H and O–H groups in total. The van der Waals surface area contributed by atoms with Crippen LogP contribution in [0.4, 0.5) is 24.7 Å². The first-order valence-corrected chi connectivity index (χ1v) is 8.31. The van der Waals surface area contributed by atoms with Crippen LogP contribution in [-0.4, -0.2) is 33.0 Å². The second kappa shape index (κ2) is 6.73. The van der Waals surface area contributed by atoms with Crippen molar-refractivity contribution in [2.24, 2.45) is 0 Å². The Morgan fingerprint density at radius 3 is 2.54 bits per heavy atom. The quantitative estimate of drug-likeness (QED) is 0.693. The van der Waals surface area contributed by atoms with Gasteiger partial charge in [0.25, 0.3) is 0 Å². The van der Waals surface area contributed by atoms with Crippen LogP contribution in [-0.2, 0) is 4.74 Å². The van der Waals surface area contributed by atoms with Crippen molar-refractivity contribution in [2.75, 3.05) is 18.5 Å². The van der Waals surface area contributed by atoms with E-state index in [0.717, 1.165) is 12.8 Å². The maximum absolute atomic E-state index is 14.0. The van der Waals surface area contributed by atoms with Gasteiger partial charge in [-0.3, -0.25) is 0 Å². The highest BCUT2D eigenvalue weighted by Crippen LogP contribution is 2.32. The summed E-state index contributed by atoms with van der Waals surface area (Å²) in [5, 5.41) is 7.49. The van der Waals surface area contributed by atoms with Gasteiger partial charge in [-0.2, -0.15) is 10.1 Å². The van der Waals surface area contributed by atoms with E-state index >= 15 is 0 Å². The number of nitrogens with one attached hydrogen (secondary N) is 1. The number of benzene rings is 1. The molecule has 26 heavy (non-hydrogen) atoms. The van der Waals surface area contributed by atoms with Crippen LogP contribution in [0.1, 0.15) is 18.9 Å². The Morgan fingerprint density at radius 2 is 1.85 bits per heavy atom. The molecule has 3 aromatic rings. The van der Waals surface area contributed by atoms with Gasteiger partial charge in [0.1, 0.15) is 11.5 Å². The molecule has 1 aliphatic rings. The zero-order valence-electron chi connectivity index (χ0n) is 13.3. The molecule has 0 radical (unpaired) electrons. The molecule has 10 heteroatoms. The van der Waals surface area contributed by atoms with E-state index in [9.17, 15) is 13.2 Å². The Balaban J connectivity index is 1.80. The summed E-state index contributed by atoms with van der Waals surface area (Å²) in [5.74, 6) is -2.97. The van der Waals surface area contributed by atoms with Gasteiger partial charge < -0.3 is 10.1 Å². The van der Waals surface area contributed by atoms with Crippen LogP contribution in [0.25, 0.3) is 11.0 Å². The normalized spacial score (nSPS) is 15.5. The minimum absolute atomic E-state index is 0.00989. The van der Waals surface area contributed by atoms with Gasteiger partial charge in [-0.1, -0.05) is 0 Å². The molecule has 4 rings (SSSR count). The van der Waals surface area contributed by atoms with Gasteiger partial charge in [0, 0.05) is 31.5 Å². The summed E-state index contributed by atoms with van der Waals surface area (Å²) in [6.07, 6.45) is 2.86. The molecule has 1 aromatic carbocycles. The van der Waals surface area contributed by atoms with Gasteiger partial charge >= 0.3 is 0 Å². The lowest BCUT2D eigenvalue weighted by atomic mass is 10.1. The van der Waals surface area contributed by atoms with Crippen LogP contribution in [0, 0.1) is 17.5 Å². The monoisotopic (exact) mass is 383 g/mol. The number of hydrogen-bond donors (Lipinski definition) is 1. The van der Waals surface area contributed by atoms with E-state index in [0.29, 0.717) is 36.4 Å². The summed E-state index contributed by atoms with van der Waals surface area (Å²) in [6.45, 7) is 1.16. The third-order valence-corrected chi connectivity index (χ3v) is 4.39. The first-order chi connectivity index (χ1) is 12.5. The predicted octanol–water partition coefficient (Wildman–Crippen LogP) is 3.99. The molecule has 0 unspecified atom stereocenters. The largest absolute Gasteiger partial charge is 0.381 e. The fraction of sp³-hybridized carbons (Fsp3) is 0.312. The summed E-state index contributed by atoms with van der Waals surface area (Å²) >= 11 is 5.90. The van der Waals surface area contributed by atoms with Gasteiger partial charge in [0.05, 0.1) is 11.4 Å². The summed E-state index contributed by atoms with van der Waals surface area (Å²) in [7, 11) is 0. The van der Waals surface area contributed by atoms with Crippen molar-refractivity contribution >= 4 is 34.1 Å². The number of nitrogens with zero attached hydrogens (tertiary/aromatic N) is 4. The lowest BCUT2D eigenvalue weighted by molar-refractivity contribution is 0.0674. The minimum atomic E-state index is -1.06. The Bertz CT molecular complexity index is 951. The molecule has 136 valence electrons. The Morgan fingerprint density at radius 1 is 1.15 bits per heavy atom. The van der Waals surface area contributed by atoms with Gasteiger partial charge in [-0.15, -0.1) is 0 Å². The average Bonchev–Trinajstić information content (AvgIpc) is 2.96. The molecule has 1 aliphatic heterocycles. The van der Waals surface area contributed by atoms with Gasteiger partial charge in [0.15, 0.2) is 23.1 Å². The lowest BCUT2D eigenvalue weighted by Gasteiger charge is -2.22. The predicted molar refractivity (Wildman–Crippen MR) is 89.0 cm³/mol. The van der Waals surface area contributed by atoms with Crippen molar-refractivity contribution in [2.45, 2.75) is 18.9 Å². The SMILES string of the molecule is Fc1cc(F)c(Nc2nn(C3CCOCC3)c3nc(Cl)ncc23)c(F)c1. The molecule has 0 bridgehead atoms. The summed E-state index contributed by atoms with van der Waals surface area (Å²) < 4.78 is 48.1. The number of fused-ring (bicyclic) bond motifs is 1. The average molecular weight is 384 g/mol. The van der Waals surface area contributed by atoms with E-state index in [-0.39, 0.29) is 17.1 Å². The topological polar surface area (TPSA) is 64.9 Å². The smallest absolute Gasteiger partial charge is 0.224 e. The lowest BCUT2D eigenvalue weighted by Crippen LogP contribution is -2.20. The molecule has 3 heterocycles. The van der Waals surface area contributed by atoms with Crippen molar-refractivity contribution in [1.29, 1.82) is 0 Å². The highest BCUT2D eigenvalue weighted by Gasteiger charge is 2.23. The zero-order chi connectivity index (χ0) is 18.3. The third kappa shape index (κ3) is 3.08. The Kier molecular flexibility index (Phi) is 4.41. The van der Waals surface area contributed by atoms with E-state index in [4.69, 9.17) is 16.3 Å². The number of halogens is 4. The summed E-state index contributed by atoms with van der Waals surface area (Å²) in [4.78, 5) is 8.11. The van der Waals surface area contributed by atoms with Gasteiger partial charge in [-0.05, 0) is 24.4 Å². The third-order valence-electron chi connectivity index (χ3n) is 4.21. The Labute approximate surface area is 150 Å². The van der Waals surface area contributed by atoms with E-state index in [2.05, 4.69) is 20.4 Å². The van der Waals surface area contributed by atoms with E-state index in [1.165, 1.54) is 6.20 Å². The second-order valence-electron chi connectivity index (χ2n) is 5.88. The Hall–Kier alpha value is -2.39. The van der Waals surface area contributed by atoms with E-state index < -0.39 is 23.1 Å². The molecule has 0 aliphatic carbocycles. The maximum Gasteiger partial charge on any atom is 0.224 e. The highest BCUT2D eigenvalue weighted by atomic mass is 35.5. The molecule has 2 aromatic heterocycles. The number of hydrogen-bond acceptors (Lipinski definition) is 5. The van der Waals surface area contributed by atoms with Gasteiger partial charge in [0.2, 0.25) is 5.28 Å². The number of anilines is 2. The number of rotatable bonds is 3. The standard InChI is InChI=1S/C16H13ClF3N5O/c17-16-21-7-10-14(22-13-11(19)5-8(18)6-12(13)20)24-25(15(10)23-16)9-1-3-26-4-2-9/h5-7,9H,1-4H2,(H,22,24). The molecule has 1 fully saturated rings. The van der Waals surface area contributed by atoms with Crippen LogP contribution in [0.3, 0.4) is 0 Å². The minimum Gasteiger partial charge on any atom is -0.381 e. The molecule has 6 nitrogen and oxygen atoms in total.